The summed E-state index contributed by atoms with van der Waals surface area (Å²) in [4.78, 5) is 1.29. The van der Waals surface area contributed by atoms with Gasteiger partial charge in [-0.25, -0.2) is 0 Å². The van der Waals surface area contributed by atoms with Gasteiger partial charge >= 0.3 is 0 Å². The molecule has 16 heavy (non-hydrogen) atoms. The molecule has 1 nitrogen and oxygen atoms in total. The van der Waals surface area contributed by atoms with Crippen LogP contribution in [0.5, 0.6) is 0 Å². The summed E-state index contributed by atoms with van der Waals surface area (Å²) >= 11 is 1.76. The Morgan fingerprint density at radius 1 is 1.19 bits per heavy atom. The first-order valence-corrected chi connectivity index (χ1v) is 5.98. The highest BCUT2D eigenvalue weighted by atomic mass is 127. The van der Waals surface area contributed by atoms with Gasteiger partial charge in [-0.2, -0.15) is 4.57 Å². The van der Waals surface area contributed by atoms with E-state index < -0.39 is 0 Å². The fourth-order valence-electron chi connectivity index (χ4n) is 1.48. The normalized spacial score (nSPS) is 10.3. The van der Waals surface area contributed by atoms with Crippen LogP contribution in [0.1, 0.15) is 17.5 Å². The summed E-state index contributed by atoms with van der Waals surface area (Å²) in [5.74, 6) is 0. The Bertz CT molecular complexity index is 449. The Kier molecular flexibility index (Phi) is 5.69. The van der Waals surface area contributed by atoms with E-state index in [9.17, 15) is 0 Å². The lowest BCUT2D eigenvalue weighted by Crippen LogP contribution is -2.34. The van der Waals surface area contributed by atoms with E-state index in [1.807, 2.05) is 0 Å². The zero-order valence-electron chi connectivity index (χ0n) is 9.17. The molecule has 0 aliphatic carbocycles. The molecule has 0 atom stereocenters. The predicted molar refractivity (Wildman–Crippen MR) is 81.0 cm³/mol. The summed E-state index contributed by atoms with van der Waals surface area (Å²) in [6, 6.07) is 10.5. The third-order valence-electron chi connectivity index (χ3n) is 2.28. The molecule has 0 aliphatic heterocycles. The molecule has 84 valence electrons. The predicted octanol–water partition coefficient (Wildman–Crippen LogP) is 3.84. The van der Waals surface area contributed by atoms with Crippen molar-refractivity contribution in [2.45, 2.75) is 13.5 Å². The molecule has 0 radical (unpaired) electrons. The van der Waals surface area contributed by atoms with Gasteiger partial charge in [-0.1, -0.05) is 6.07 Å². The largest absolute Gasteiger partial charge is 0.205 e. The van der Waals surface area contributed by atoms with E-state index in [4.69, 9.17) is 0 Å². The fourth-order valence-corrected chi connectivity index (χ4v) is 2.10. The quantitative estimate of drug-likeness (QED) is 0.588. The Hall–Kier alpha value is -0.680. The van der Waals surface area contributed by atoms with Crippen molar-refractivity contribution in [2.24, 2.45) is 0 Å². The van der Waals surface area contributed by atoms with Crippen molar-refractivity contribution in [2.75, 3.05) is 0 Å². The van der Waals surface area contributed by atoms with E-state index in [0.717, 1.165) is 6.54 Å². The summed E-state index contributed by atoms with van der Waals surface area (Å²) in [5, 5.41) is 2.10. The van der Waals surface area contributed by atoms with Crippen molar-refractivity contribution in [3.63, 3.8) is 0 Å². The van der Waals surface area contributed by atoms with Gasteiger partial charge in [-0.15, -0.1) is 35.3 Å². The zero-order chi connectivity index (χ0) is 10.5. The van der Waals surface area contributed by atoms with Crippen molar-refractivity contribution < 1.29 is 4.57 Å². The molecule has 2 rings (SSSR count). The number of aromatic nitrogens is 1. The Balaban J connectivity index is 0.00000128. The number of pyridine rings is 1. The van der Waals surface area contributed by atoms with E-state index in [-0.39, 0.29) is 24.0 Å². The first-order valence-electron chi connectivity index (χ1n) is 5.10. The molecule has 0 saturated heterocycles. The molecule has 0 aliphatic rings. The highest BCUT2D eigenvalue weighted by molar-refractivity contribution is 14.0. The van der Waals surface area contributed by atoms with Crippen molar-refractivity contribution >= 4 is 47.5 Å². The van der Waals surface area contributed by atoms with Crippen LogP contribution in [0.2, 0.25) is 0 Å². The van der Waals surface area contributed by atoms with Gasteiger partial charge in [0.25, 0.3) is 0 Å². The molecule has 3 heteroatoms. The molecular formula is C13H15INS+. The van der Waals surface area contributed by atoms with Crippen molar-refractivity contribution in [3.8, 4) is 0 Å². The molecule has 2 aromatic heterocycles. The number of halogens is 1. The van der Waals surface area contributed by atoms with E-state index in [2.05, 4.69) is 65.6 Å². The molecule has 0 unspecified atom stereocenters. The van der Waals surface area contributed by atoms with Crippen LogP contribution in [0, 0.1) is 0 Å². The van der Waals surface area contributed by atoms with Crippen LogP contribution in [-0.4, -0.2) is 0 Å². The minimum atomic E-state index is 0. The summed E-state index contributed by atoms with van der Waals surface area (Å²) in [7, 11) is 0. The third kappa shape index (κ3) is 3.42. The lowest BCUT2D eigenvalue weighted by atomic mass is 10.3. The van der Waals surface area contributed by atoms with Crippen molar-refractivity contribution in [3.05, 3.63) is 52.5 Å². The number of aryl methyl sites for hydroxylation is 1. The summed E-state index contributed by atoms with van der Waals surface area (Å²) < 4.78 is 2.23. The molecule has 0 amide bonds. The van der Waals surface area contributed by atoms with Crippen LogP contribution in [0.25, 0.3) is 12.2 Å². The zero-order valence-corrected chi connectivity index (χ0v) is 12.3. The monoisotopic (exact) mass is 344 g/mol. The highest BCUT2D eigenvalue weighted by Crippen LogP contribution is 2.11. The highest BCUT2D eigenvalue weighted by Gasteiger charge is 2.01. The number of hydrogen-bond acceptors (Lipinski definition) is 1. The van der Waals surface area contributed by atoms with Gasteiger partial charge in [0.1, 0.15) is 6.54 Å². The van der Waals surface area contributed by atoms with Crippen molar-refractivity contribution in [1.29, 1.82) is 0 Å². The van der Waals surface area contributed by atoms with Crippen LogP contribution in [0.15, 0.2) is 41.9 Å². The van der Waals surface area contributed by atoms with Gasteiger partial charge in [0.15, 0.2) is 6.20 Å². The molecule has 2 aromatic rings. The average Bonchev–Trinajstić information content (AvgIpc) is 2.79. The van der Waals surface area contributed by atoms with Gasteiger partial charge in [0.2, 0.25) is 5.69 Å². The maximum atomic E-state index is 2.23. The lowest BCUT2D eigenvalue weighted by Gasteiger charge is -1.95. The second-order valence-corrected chi connectivity index (χ2v) is 4.24. The van der Waals surface area contributed by atoms with Gasteiger partial charge in [0.05, 0.1) is 0 Å². The van der Waals surface area contributed by atoms with Crippen LogP contribution in [0.4, 0.5) is 0 Å². The van der Waals surface area contributed by atoms with Crippen LogP contribution < -0.4 is 4.57 Å². The molecular weight excluding hydrogens is 329 g/mol. The van der Waals surface area contributed by atoms with Crippen LogP contribution in [-0.2, 0) is 6.54 Å². The van der Waals surface area contributed by atoms with Crippen LogP contribution in [0.3, 0.4) is 0 Å². The van der Waals surface area contributed by atoms with Gasteiger partial charge < -0.3 is 0 Å². The topological polar surface area (TPSA) is 3.88 Å². The number of rotatable bonds is 3. The van der Waals surface area contributed by atoms with E-state index in [0.29, 0.717) is 0 Å². The summed E-state index contributed by atoms with van der Waals surface area (Å²) in [6.45, 7) is 3.16. The van der Waals surface area contributed by atoms with Gasteiger partial charge in [-0.3, -0.25) is 0 Å². The van der Waals surface area contributed by atoms with Crippen LogP contribution >= 0.6 is 35.3 Å². The maximum absolute atomic E-state index is 2.23. The lowest BCUT2D eigenvalue weighted by molar-refractivity contribution is -0.695. The first kappa shape index (κ1) is 13.4. The molecule has 0 spiro atoms. The van der Waals surface area contributed by atoms with Gasteiger partial charge in [-0.05, 0) is 30.5 Å². The second kappa shape index (κ2) is 6.81. The smallest absolute Gasteiger partial charge is 0.199 e. The number of thiophene rings is 1. The molecule has 0 bridgehead atoms. The molecule has 0 aromatic carbocycles. The summed E-state index contributed by atoms with van der Waals surface area (Å²) in [5.41, 5.74) is 1.24. The number of nitrogens with zero attached hydrogens (tertiary/aromatic N) is 1. The molecule has 0 saturated carbocycles. The summed E-state index contributed by atoms with van der Waals surface area (Å²) in [6.07, 6.45) is 6.43. The fraction of sp³-hybridized carbons (Fsp3) is 0.154. The SMILES string of the molecule is CC[n+]1ccccc1/C=C/c1cccs1.I. The standard InChI is InChI=1S/C13H14NS.HI/c1-2-14-10-4-3-6-12(14)8-9-13-7-5-11-15-13;/h3-11H,2H2,1H3;1H/q+1;/b9-8+;. The van der Waals surface area contributed by atoms with Gasteiger partial charge in [0, 0.05) is 23.1 Å². The van der Waals surface area contributed by atoms with E-state index >= 15 is 0 Å². The van der Waals surface area contributed by atoms with Crippen molar-refractivity contribution in [1.82, 2.24) is 0 Å². The second-order valence-electron chi connectivity index (χ2n) is 3.26. The molecule has 0 N–H and O–H groups in total. The molecule has 2 heterocycles. The first-order chi connectivity index (χ1) is 7.40. The van der Waals surface area contributed by atoms with E-state index in [1.165, 1.54) is 10.6 Å². The minimum Gasteiger partial charge on any atom is -0.199 e. The number of hydrogen-bond donors (Lipinski definition) is 0. The minimum absolute atomic E-state index is 0. The average molecular weight is 344 g/mol. The third-order valence-corrected chi connectivity index (χ3v) is 3.12. The Labute approximate surface area is 117 Å². The maximum Gasteiger partial charge on any atom is 0.205 e. The van der Waals surface area contributed by atoms with E-state index in [1.54, 1.807) is 11.3 Å². The Morgan fingerprint density at radius 3 is 2.75 bits per heavy atom. The molecule has 0 fully saturated rings. The Morgan fingerprint density at radius 2 is 2.06 bits per heavy atom.